The average Bonchev–Trinajstić information content (AvgIpc) is 2.88. The van der Waals surface area contributed by atoms with Crippen molar-refractivity contribution in [1.82, 2.24) is 9.88 Å². The zero-order valence-corrected chi connectivity index (χ0v) is 15.7. The van der Waals surface area contributed by atoms with E-state index < -0.39 is 23.7 Å². The van der Waals surface area contributed by atoms with Crippen molar-refractivity contribution in [3.63, 3.8) is 0 Å². The standard InChI is InChI=1S/C16H21BrN2O5/c1-16(2,3)24-15(21)19-9-11(7-12(19)14(20)22-4)23-10-5-6-18-13(17)8-10/h5-6,8,11-12H,7,9H2,1-4H3/t11-,12+/m1/s1. The molecule has 0 saturated carbocycles. The van der Waals surface area contributed by atoms with Crippen molar-refractivity contribution in [2.75, 3.05) is 13.7 Å². The van der Waals surface area contributed by atoms with E-state index in [1.54, 1.807) is 39.1 Å². The number of halogens is 1. The molecule has 1 aliphatic rings. The number of carbonyl (C=O) groups is 2. The second kappa shape index (κ2) is 7.38. The molecular formula is C16H21BrN2O5. The Hall–Kier alpha value is -1.83. The van der Waals surface area contributed by atoms with Crippen LogP contribution in [0.25, 0.3) is 0 Å². The molecule has 8 heteroatoms. The Kier molecular flexibility index (Phi) is 5.69. The van der Waals surface area contributed by atoms with Crippen molar-refractivity contribution < 1.29 is 23.8 Å². The molecule has 132 valence electrons. The molecule has 0 spiro atoms. The fourth-order valence-corrected chi connectivity index (χ4v) is 2.76. The first-order chi connectivity index (χ1) is 11.2. The molecule has 1 fully saturated rings. The predicted molar refractivity (Wildman–Crippen MR) is 89.7 cm³/mol. The number of aromatic nitrogens is 1. The minimum Gasteiger partial charge on any atom is -0.488 e. The Bertz CT molecular complexity index is 617. The lowest BCUT2D eigenvalue weighted by Crippen LogP contribution is -2.44. The van der Waals surface area contributed by atoms with E-state index in [2.05, 4.69) is 20.9 Å². The maximum atomic E-state index is 12.4. The van der Waals surface area contributed by atoms with E-state index >= 15 is 0 Å². The van der Waals surface area contributed by atoms with Gasteiger partial charge in [0.2, 0.25) is 0 Å². The van der Waals surface area contributed by atoms with Crippen molar-refractivity contribution in [2.45, 2.75) is 44.9 Å². The summed E-state index contributed by atoms with van der Waals surface area (Å²) in [4.78, 5) is 29.8. The molecule has 24 heavy (non-hydrogen) atoms. The Morgan fingerprint density at radius 3 is 2.67 bits per heavy atom. The smallest absolute Gasteiger partial charge is 0.411 e. The average molecular weight is 401 g/mol. The van der Waals surface area contributed by atoms with Crippen molar-refractivity contribution >= 4 is 28.0 Å². The summed E-state index contributed by atoms with van der Waals surface area (Å²) in [6.45, 7) is 5.57. The first kappa shape index (κ1) is 18.5. The monoisotopic (exact) mass is 400 g/mol. The largest absolute Gasteiger partial charge is 0.488 e. The van der Waals surface area contributed by atoms with E-state index in [4.69, 9.17) is 14.2 Å². The van der Waals surface area contributed by atoms with Crippen LogP contribution in [0.2, 0.25) is 0 Å². The number of ether oxygens (including phenoxy) is 3. The summed E-state index contributed by atoms with van der Waals surface area (Å²) in [5.41, 5.74) is -0.646. The van der Waals surface area contributed by atoms with E-state index in [0.717, 1.165) is 0 Å². The third-order valence-corrected chi connectivity index (χ3v) is 3.80. The van der Waals surface area contributed by atoms with E-state index in [0.29, 0.717) is 16.8 Å². The molecule has 1 aliphatic heterocycles. The van der Waals surface area contributed by atoms with Gasteiger partial charge in [-0.3, -0.25) is 4.90 Å². The lowest BCUT2D eigenvalue weighted by molar-refractivity contribution is -0.145. The highest BCUT2D eigenvalue weighted by Crippen LogP contribution is 2.26. The van der Waals surface area contributed by atoms with Gasteiger partial charge < -0.3 is 14.2 Å². The molecule has 0 radical (unpaired) electrons. The molecule has 0 aromatic carbocycles. The normalized spacial score (nSPS) is 20.6. The molecule has 1 amide bonds. The summed E-state index contributed by atoms with van der Waals surface area (Å²) >= 11 is 3.28. The van der Waals surface area contributed by atoms with Crippen LogP contribution < -0.4 is 4.74 Å². The quantitative estimate of drug-likeness (QED) is 0.573. The fraction of sp³-hybridized carbons (Fsp3) is 0.562. The number of likely N-dealkylation sites (tertiary alicyclic amines) is 1. The first-order valence-electron chi connectivity index (χ1n) is 7.55. The highest BCUT2D eigenvalue weighted by Gasteiger charge is 2.43. The predicted octanol–water partition coefficient (Wildman–Crippen LogP) is 2.77. The lowest BCUT2D eigenvalue weighted by atomic mass is 10.2. The number of nitrogens with zero attached hydrogens (tertiary/aromatic N) is 2. The van der Waals surface area contributed by atoms with Crippen molar-refractivity contribution in [2.24, 2.45) is 0 Å². The minimum absolute atomic E-state index is 0.245. The molecule has 0 bridgehead atoms. The SMILES string of the molecule is COC(=O)[C@@H]1C[C@@H](Oc2ccnc(Br)c2)CN1C(=O)OC(C)(C)C. The van der Waals surface area contributed by atoms with Crippen LogP contribution in [-0.4, -0.2) is 53.3 Å². The van der Waals surface area contributed by atoms with E-state index in [9.17, 15) is 9.59 Å². The molecular weight excluding hydrogens is 380 g/mol. The number of esters is 1. The summed E-state index contributed by atoms with van der Waals surface area (Å²) in [7, 11) is 1.30. The van der Waals surface area contributed by atoms with Crippen LogP contribution in [0.3, 0.4) is 0 Å². The highest BCUT2D eigenvalue weighted by atomic mass is 79.9. The van der Waals surface area contributed by atoms with Crippen LogP contribution in [0.15, 0.2) is 22.9 Å². The third kappa shape index (κ3) is 4.83. The van der Waals surface area contributed by atoms with Crippen LogP contribution in [0.4, 0.5) is 4.79 Å². The topological polar surface area (TPSA) is 78.0 Å². The van der Waals surface area contributed by atoms with Gasteiger partial charge in [0, 0.05) is 18.7 Å². The second-order valence-corrected chi connectivity index (χ2v) is 7.27. The van der Waals surface area contributed by atoms with Gasteiger partial charge in [-0.05, 0) is 42.8 Å². The van der Waals surface area contributed by atoms with E-state index in [1.807, 2.05) is 0 Å². The number of hydrogen-bond donors (Lipinski definition) is 0. The van der Waals surface area contributed by atoms with Gasteiger partial charge >= 0.3 is 12.1 Å². The van der Waals surface area contributed by atoms with E-state index in [1.165, 1.54) is 12.0 Å². The van der Waals surface area contributed by atoms with Gasteiger partial charge in [0.15, 0.2) is 0 Å². The zero-order chi connectivity index (χ0) is 17.9. The number of carbonyl (C=O) groups excluding carboxylic acids is 2. The van der Waals surface area contributed by atoms with Crippen LogP contribution >= 0.6 is 15.9 Å². The van der Waals surface area contributed by atoms with Gasteiger partial charge in [-0.15, -0.1) is 0 Å². The minimum atomic E-state index is -0.722. The van der Waals surface area contributed by atoms with Crippen molar-refractivity contribution in [3.8, 4) is 5.75 Å². The van der Waals surface area contributed by atoms with E-state index in [-0.39, 0.29) is 12.6 Å². The van der Waals surface area contributed by atoms with Gasteiger partial charge in [-0.1, -0.05) is 0 Å². The highest BCUT2D eigenvalue weighted by molar-refractivity contribution is 9.10. The Labute approximate surface area is 149 Å². The summed E-state index contributed by atoms with van der Waals surface area (Å²) in [5.74, 6) is 0.124. The van der Waals surface area contributed by atoms with Gasteiger partial charge in [-0.2, -0.15) is 0 Å². The van der Waals surface area contributed by atoms with Gasteiger partial charge in [-0.25, -0.2) is 14.6 Å². The number of hydrogen-bond acceptors (Lipinski definition) is 6. The molecule has 1 aromatic heterocycles. The summed E-state index contributed by atoms with van der Waals surface area (Å²) < 4.78 is 16.7. The van der Waals surface area contributed by atoms with Crippen LogP contribution in [0.1, 0.15) is 27.2 Å². The van der Waals surface area contributed by atoms with Crippen LogP contribution in [0.5, 0.6) is 5.75 Å². The molecule has 1 aromatic rings. The third-order valence-electron chi connectivity index (χ3n) is 3.36. The van der Waals surface area contributed by atoms with Gasteiger partial charge in [0.1, 0.15) is 28.1 Å². The maximum absolute atomic E-state index is 12.4. The molecule has 2 heterocycles. The fourth-order valence-electron chi connectivity index (χ4n) is 2.42. The molecule has 0 N–H and O–H groups in total. The molecule has 7 nitrogen and oxygen atoms in total. The Morgan fingerprint density at radius 1 is 1.38 bits per heavy atom. The number of rotatable bonds is 3. The zero-order valence-electron chi connectivity index (χ0n) is 14.1. The Morgan fingerprint density at radius 2 is 2.08 bits per heavy atom. The molecule has 0 unspecified atom stereocenters. The first-order valence-corrected chi connectivity index (χ1v) is 8.34. The molecule has 2 atom stereocenters. The summed E-state index contributed by atoms with van der Waals surface area (Å²) in [6, 6.07) is 2.72. The van der Waals surface area contributed by atoms with Crippen LogP contribution in [0, 0.1) is 0 Å². The van der Waals surface area contributed by atoms with Gasteiger partial charge in [0.05, 0.1) is 13.7 Å². The summed E-state index contributed by atoms with van der Waals surface area (Å²) in [6.07, 6.45) is 1.06. The lowest BCUT2D eigenvalue weighted by Gasteiger charge is -2.27. The molecule has 0 aliphatic carbocycles. The maximum Gasteiger partial charge on any atom is 0.411 e. The Balaban J connectivity index is 2.11. The number of methoxy groups -OCH3 is 1. The second-order valence-electron chi connectivity index (χ2n) is 6.46. The summed E-state index contributed by atoms with van der Waals surface area (Å²) in [5, 5.41) is 0. The number of amides is 1. The van der Waals surface area contributed by atoms with Crippen molar-refractivity contribution in [1.29, 1.82) is 0 Å². The number of pyridine rings is 1. The van der Waals surface area contributed by atoms with Crippen LogP contribution in [-0.2, 0) is 14.3 Å². The molecule has 2 rings (SSSR count). The van der Waals surface area contributed by atoms with Crippen molar-refractivity contribution in [3.05, 3.63) is 22.9 Å². The molecule has 1 saturated heterocycles. The van der Waals surface area contributed by atoms with Gasteiger partial charge in [0.25, 0.3) is 0 Å².